The van der Waals surface area contributed by atoms with Gasteiger partial charge < -0.3 is 20.1 Å². The van der Waals surface area contributed by atoms with E-state index in [0.29, 0.717) is 23.0 Å². The molecular formula is C22H24N4O3. The summed E-state index contributed by atoms with van der Waals surface area (Å²) in [6.07, 6.45) is 0.829. The lowest BCUT2D eigenvalue weighted by Gasteiger charge is -2.13. The Morgan fingerprint density at radius 2 is 1.86 bits per heavy atom. The largest absolute Gasteiger partial charge is 0.497 e. The van der Waals surface area contributed by atoms with Crippen molar-refractivity contribution in [3.05, 3.63) is 65.4 Å². The van der Waals surface area contributed by atoms with Crippen LogP contribution in [0.3, 0.4) is 0 Å². The minimum atomic E-state index is -0.296. The van der Waals surface area contributed by atoms with Crippen molar-refractivity contribution in [3.63, 3.8) is 0 Å². The predicted octanol–water partition coefficient (Wildman–Crippen LogP) is 4.36. The van der Waals surface area contributed by atoms with E-state index < -0.39 is 0 Å². The highest BCUT2D eigenvalue weighted by atomic mass is 16.5. The SMILES string of the molecule is CCc1cccc(C)c1NC(=O)c1ccc(Nc2ccc(OC)cc2OC)nn1. The quantitative estimate of drug-likeness (QED) is 0.621. The van der Waals surface area contributed by atoms with Crippen molar-refractivity contribution in [2.75, 3.05) is 24.9 Å². The number of hydrogen-bond acceptors (Lipinski definition) is 6. The summed E-state index contributed by atoms with van der Waals surface area (Å²) >= 11 is 0. The number of ether oxygens (including phenoxy) is 2. The van der Waals surface area contributed by atoms with Crippen molar-refractivity contribution >= 4 is 23.1 Å². The van der Waals surface area contributed by atoms with Gasteiger partial charge in [-0.15, -0.1) is 10.2 Å². The lowest BCUT2D eigenvalue weighted by Crippen LogP contribution is -2.16. The lowest BCUT2D eigenvalue weighted by atomic mass is 10.1. The Morgan fingerprint density at radius 1 is 1.03 bits per heavy atom. The fraction of sp³-hybridized carbons (Fsp3) is 0.227. The minimum absolute atomic E-state index is 0.238. The number of benzene rings is 2. The molecule has 29 heavy (non-hydrogen) atoms. The van der Waals surface area contributed by atoms with E-state index in [2.05, 4.69) is 27.8 Å². The van der Waals surface area contributed by atoms with Gasteiger partial charge in [0.25, 0.3) is 5.91 Å². The molecule has 0 saturated heterocycles. The molecule has 0 saturated carbocycles. The summed E-state index contributed by atoms with van der Waals surface area (Å²) in [5, 5.41) is 14.2. The summed E-state index contributed by atoms with van der Waals surface area (Å²) in [6.45, 7) is 4.02. The lowest BCUT2D eigenvalue weighted by molar-refractivity contribution is 0.102. The first-order valence-electron chi connectivity index (χ1n) is 9.28. The molecule has 1 amide bonds. The molecule has 0 aliphatic rings. The van der Waals surface area contributed by atoms with Gasteiger partial charge in [-0.25, -0.2) is 0 Å². The molecule has 1 heterocycles. The fourth-order valence-electron chi connectivity index (χ4n) is 2.94. The Morgan fingerprint density at radius 3 is 2.52 bits per heavy atom. The van der Waals surface area contributed by atoms with Crippen LogP contribution in [-0.4, -0.2) is 30.3 Å². The molecule has 2 N–H and O–H groups in total. The van der Waals surface area contributed by atoms with E-state index in [-0.39, 0.29) is 11.6 Å². The maximum Gasteiger partial charge on any atom is 0.276 e. The number of carbonyl (C=O) groups excluding carboxylic acids is 1. The van der Waals surface area contributed by atoms with Crippen LogP contribution in [0.4, 0.5) is 17.2 Å². The highest BCUT2D eigenvalue weighted by molar-refractivity contribution is 6.03. The second kappa shape index (κ2) is 9.05. The number of nitrogens with zero attached hydrogens (tertiary/aromatic N) is 2. The predicted molar refractivity (Wildman–Crippen MR) is 113 cm³/mol. The molecule has 0 aliphatic carbocycles. The molecule has 3 rings (SSSR count). The van der Waals surface area contributed by atoms with Gasteiger partial charge in [-0.05, 0) is 48.7 Å². The number of para-hydroxylation sites is 1. The molecule has 2 aromatic carbocycles. The molecule has 7 nitrogen and oxygen atoms in total. The fourth-order valence-corrected chi connectivity index (χ4v) is 2.94. The summed E-state index contributed by atoms with van der Waals surface area (Å²) in [6, 6.07) is 14.7. The van der Waals surface area contributed by atoms with Gasteiger partial charge in [-0.2, -0.15) is 0 Å². The Bertz CT molecular complexity index is 1000. The molecule has 150 valence electrons. The van der Waals surface area contributed by atoms with Crippen LogP contribution < -0.4 is 20.1 Å². The average Bonchev–Trinajstić information content (AvgIpc) is 2.75. The highest BCUT2D eigenvalue weighted by Crippen LogP contribution is 2.30. The van der Waals surface area contributed by atoms with Crippen LogP contribution in [0, 0.1) is 6.92 Å². The van der Waals surface area contributed by atoms with E-state index in [0.717, 1.165) is 23.2 Å². The van der Waals surface area contributed by atoms with Crippen LogP contribution in [0.25, 0.3) is 0 Å². The van der Waals surface area contributed by atoms with Gasteiger partial charge in [0.2, 0.25) is 0 Å². The number of nitrogens with one attached hydrogen (secondary N) is 2. The molecule has 7 heteroatoms. The first kappa shape index (κ1) is 20.1. The van der Waals surface area contributed by atoms with Gasteiger partial charge >= 0.3 is 0 Å². The third kappa shape index (κ3) is 4.63. The van der Waals surface area contributed by atoms with E-state index in [1.165, 1.54) is 0 Å². The number of anilines is 3. The van der Waals surface area contributed by atoms with Gasteiger partial charge in [0.15, 0.2) is 11.5 Å². The normalized spacial score (nSPS) is 10.3. The zero-order valence-corrected chi connectivity index (χ0v) is 16.9. The molecule has 0 aliphatic heterocycles. The van der Waals surface area contributed by atoms with E-state index >= 15 is 0 Å². The minimum Gasteiger partial charge on any atom is -0.497 e. The zero-order valence-electron chi connectivity index (χ0n) is 16.9. The zero-order chi connectivity index (χ0) is 20.8. The second-order valence-corrected chi connectivity index (χ2v) is 6.41. The third-order valence-corrected chi connectivity index (χ3v) is 4.55. The van der Waals surface area contributed by atoms with Crippen molar-refractivity contribution in [3.8, 4) is 11.5 Å². The molecule has 0 atom stereocenters. The molecule has 1 aromatic heterocycles. The summed E-state index contributed by atoms with van der Waals surface area (Å²) in [5.41, 5.74) is 3.87. The first-order chi connectivity index (χ1) is 14.0. The summed E-state index contributed by atoms with van der Waals surface area (Å²) in [5.74, 6) is 1.50. The van der Waals surface area contributed by atoms with Crippen molar-refractivity contribution in [1.29, 1.82) is 0 Å². The average molecular weight is 392 g/mol. The number of methoxy groups -OCH3 is 2. The summed E-state index contributed by atoms with van der Waals surface area (Å²) in [7, 11) is 3.17. The Kier molecular flexibility index (Phi) is 6.29. The van der Waals surface area contributed by atoms with Crippen LogP contribution in [0.5, 0.6) is 11.5 Å². The molecule has 0 spiro atoms. The van der Waals surface area contributed by atoms with Crippen LogP contribution in [-0.2, 0) is 6.42 Å². The number of amides is 1. The highest BCUT2D eigenvalue weighted by Gasteiger charge is 2.13. The maximum atomic E-state index is 12.6. The van der Waals surface area contributed by atoms with Crippen LogP contribution >= 0.6 is 0 Å². The molecule has 0 unspecified atom stereocenters. The summed E-state index contributed by atoms with van der Waals surface area (Å²) in [4.78, 5) is 12.6. The van der Waals surface area contributed by atoms with Crippen LogP contribution in [0.15, 0.2) is 48.5 Å². The number of rotatable bonds is 7. The van der Waals surface area contributed by atoms with Crippen molar-refractivity contribution < 1.29 is 14.3 Å². The van der Waals surface area contributed by atoms with Gasteiger partial charge in [-0.1, -0.05) is 25.1 Å². The van der Waals surface area contributed by atoms with E-state index in [9.17, 15) is 4.79 Å². The number of hydrogen-bond donors (Lipinski definition) is 2. The third-order valence-electron chi connectivity index (χ3n) is 4.55. The van der Waals surface area contributed by atoms with E-state index in [4.69, 9.17) is 9.47 Å². The van der Waals surface area contributed by atoms with Crippen molar-refractivity contribution in [2.45, 2.75) is 20.3 Å². The smallest absolute Gasteiger partial charge is 0.276 e. The van der Waals surface area contributed by atoms with Crippen molar-refractivity contribution in [1.82, 2.24) is 10.2 Å². The molecule has 0 fully saturated rings. The Labute approximate surface area is 170 Å². The van der Waals surface area contributed by atoms with Crippen molar-refractivity contribution in [2.24, 2.45) is 0 Å². The Hall–Kier alpha value is -3.61. The maximum absolute atomic E-state index is 12.6. The van der Waals surface area contributed by atoms with Crippen LogP contribution in [0.2, 0.25) is 0 Å². The van der Waals surface area contributed by atoms with Gasteiger partial charge in [0.05, 0.1) is 19.9 Å². The second-order valence-electron chi connectivity index (χ2n) is 6.41. The number of aromatic nitrogens is 2. The monoisotopic (exact) mass is 392 g/mol. The summed E-state index contributed by atoms with van der Waals surface area (Å²) < 4.78 is 10.6. The first-order valence-corrected chi connectivity index (χ1v) is 9.28. The van der Waals surface area contributed by atoms with E-state index in [1.54, 1.807) is 32.4 Å². The molecular weight excluding hydrogens is 368 g/mol. The molecule has 3 aromatic rings. The van der Waals surface area contributed by atoms with Gasteiger partial charge in [-0.3, -0.25) is 4.79 Å². The standard InChI is InChI=1S/C22H24N4O3/c1-5-15-8-6-7-14(2)21(15)24-22(27)18-11-12-20(26-25-18)23-17-10-9-16(28-3)13-19(17)29-4/h6-13H,5H2,1-4H3,(H,23,26)(H,24,27). The number of carbonyl (C=O) groups is 1. The van der Waals surface area contributed by atoms with Gasteiger partial charge in [0, 0.05) is 11.8 Å². The molecule has 0 bridgehead atoms. The van der Waals surface area contributed by atoms with E-state index in [1.807, 2.05) is 37.3 Å². The van der Waals surface area contributed by atoms with Crippen LogP contribution in [0.1, 0.15) is 28.5 Å². The van der Waals surface area contributed by atoms with Gasteiger partial charge in [0.1, 0.15) is 11.5 Å². The topological polar surface area (TPSA) is 85.4 Å². The Balaban J connectivity index is 1.75. The number of aryl methyl sites for hydroxylation is 2. The molecule has 0 radical (unpaired) electrons.